The lowest BCUT2D eigenvalue weighted by atomic mass is 10.2. The van der Waals surface area contributed by atoms with E-state index >= 15 is 0 Å². The van der Waals surface area contributed by atoms with Crippen LogP contribution in [0.2, 0.25) is 0 Å². The van der Waals surface area contributed by atoms with Crippen LogP contribution in [0.5, 0.6) is 0 Å². The van der Waals surface area contributed by atoms with Gasteiger partial charge in [0.2, 0.25) is 0 Å². The highest BCUT2D eigenvalue weighted by Gasteiger charge is 2.37. The second kappa shape index (κ2) is 5.53. The third kappa shape index (κ3) is 2.85. The first kappa shape index (κ1) is 15.0. The number of sulfonamides is 1. The molecule has 0 saturated carbocycles. The van der Waals surface area contributed by atoms with Crippen molar-refractivity contribution in [1.82, 2.24) is 13.9 Å². The van der Waals surface area contributed by atoms with Crippen molar-refractivity contribution in [3.8, 4) is 0 Å². The lowest BCUT2D eigenvalue weighted by Crippen LogP contribution is -2.37. The van der Waals surface area contributed by atoms with Crippen LogP contribution in [0.15, 0.2) is 17.6 Å². The summed E-state index contributed by atoms with van der Waals surface area (Å²) in [5.74, 6) is -0.982. The van der Waals surface area contributed by atoms with Gasteiger partial charge in [0, 0.05) is 24.8 Å². The zero-order valence-corrected chi connectivity index (χ0v) is 12.4. The Hall–Kier alpha value is -1.41. The predicted octanol–water partition coefficient (Wildman–Crippen LogP) is 1.09. The van der Waals surface area contributed by atoms with Gasteiger partial charge in [-0.15, -0.1) is 0 Å². The number of rotatable bonds is 5. The number of aromatic nitrogens is 2. The smallest absolute Gasteiger partial charge is 0.304 e. The van der Waals surface area contributed by atoms with Gasteiger partial charge in [-0.2, -0.15) is 4.31 Å². The van der Waals surface area contributed by atoms with Gasteiger partial charge in [-0.3, -0.25) is 4.79 Å². The molecule has 2 rings (SSSR count). The molecule has 1 atom stereocenters. The molecule has 112 valence electrons. The summed E-state index contributed by atoms with van der Waals surface area (Å²) in [5, 5.41) is 8.85. The number of hydrogen-bond acceptors (Lipinski definition) is 4. The number of hydrogen-bond donors (Lipinski definition) is 1. The molecule has 0 amide bonds. The Kier molecular flexibility index (Phi) is 4.14. The Morgan fingerprint density at radius 2 is 2.25 bits per heavy atom. The van der Waals surface area contributed by atoms with Crippen LogP contribution in [0, 0.1) is 0 Å². The maximum Gasteiger partial charge on any atom is 0.304 e. The lowest BCUT2D eigenvalue weighted by Gasteiger charge is -2.21. The molecule has 0 aliphatic carbocycles. The maximum absolute atomic E-state index is 12.5. The first-order chi connectivity index (χ1) is 9.32. The van der Waals surface area contributed by atoms with E-state index in [9.17, 15) is 13.2 Å². The minimum absolute atomic E-state index is 0.0107. The normalized spacial score (nSPS) is 20.6. The minimum Gasteiger partial charge on any atom is -0.481 e. The Morgan fingerprint density at radius 1 is 1.55 bits per heavy atom. The van der Waals surface area contributed by atoms with Crippen molar-refractivity contribution in [2.45, 2.75) is 50.2 Å². The Bertz CT molecular complexity index is 594. The molecule has 20 heavy (non-hydrogen) atoms. The summed E-state index contributed by atoms with van der Waals surface area (Å²) in [6.45, 7) is 4.22. The third-order valence-corrected chi connectivity index (χ3v) is 5.32. The summed E-state index contributed by atoms with van der Waals surface area (Å²) in [6, 6.07) is -0.346. The summed E-state index contributed by atoms with van der Waals surface area (Å²) in [4.78, 5) is 14.8. The fourth-order valence-electron chi connectivity index (χ4n) is 2.38. The Balaban J connectivity index is 2.26. The molecule has 1 aromatic rings. The van der Waals surface area contributed by atoms with Gasteiger partial charge in [0.1, 0.15) is 0 Å². The quantitative estimate of drug-likeness (QED) is 0.879. The summed E-state index contributed by atoms with van der Waals surface area (Å²) >= 11 is 0. The van der Waals surface area contributed by atoms with E-state index in [2.05, 4.69) is 4.98 Å². The second-order valence-electron chi connectivity index (χ2n) is 5.26. The molecule has 1 aliphatic rings. The molecule has 0 spiro atoms. The van der Waals surface area contributed by atoms with Crippen LogP contribution >= 0.6 is 0 Å². The predicted molar refractivity (Wildman–Crippen MR) is 71.8 cm³/mol. The number of carboxylic acid groups (broad SMARTS) is 1. The van der Waals surface area contributed by atoms with Gasteiger partial charge >= 0.3 is 5.97 Å². The van der Waals surface area contributed by atoms with Gasteiger partial charge < -0.3 is 9.67 Å². The second-order valence-corrected chi connectivity index (χ2v) is 7.10. The van der Waals surface area contributed by atoms with E-state index < -0.39 is 22.0 Å². The molecular formula is C12H19N3O4S. The number of carbonyl (C=O) groups is 1. The fraction of sp³-hybridized carbons (Fsp3) is 0.667. The number of nitrogens with zero attached hydrogens (tertiary/aromatic N) is 3. The average molecular weight is 301 g/mol. The molecule has 1 saturated heterocycles. The van der Waals surface area contributed by atoms with E-state index in [1.807, 2.05) is 13.8 Å². The van der Waals surface area contributed by atoms with Gasteiger partial charge in [-0.1, -0.05) is 0 Å². The third-order valence-electron chi connectivity index (χ3n) is 3.48. The molecule has 0 bridgehead atoms. The molecule has 0 aromatic carbocycles. The Morgan fingerprint density at radius 3 is 2.80 bits per heavy atom. The van der Waals surface area contributed by atoms with Gasteiger partial charge in [0.25, 0.3) is 10.0 Å². The molecule has 1 aliphatic heterocycles. The van der Waals surface area contributed by atoms with Crippen molar-refractivity contribution in [3.63, 3.8) is 0 Å². The van der Waals surface area contributed by atoms with Gasteiger partial charge in [0.05, 0.1) is 12.7 Å². The molecular weight excluding hydrogens is 282 g/mol. The van der Waals surface area contributed by atoms with Crippen molar-refractivity contribution < 1.29 is 18.3 Å². The van der Waals surface area contributed by atoms with Crippen LogP contribution in [0.4, 0.5) is 0 Å². The van der Waals surface area contributed by atoms with Gasteiger partial charge in [-0.05, 0) is 26.7 Å². The molecule has 7 nitrogen and oxygen atoms in total. The van der Waals surface area contributed by atoms with Crippen LogP contribution in [-0.2, 0) is 14.8 Å². The minimum atomic E-state index is -3.71. The van der Waals surface area contributed by atoms with Crippen molar-refractivity contribution in [1.29, 1.82) is 0 Å². The first-order valence-corrected chi connectivity index (χ1v) is 8.03. The largest absolute Gasteiger partial charge is 0.481 e. The highest BCUT2D eigenvalue weighted by atomic mass is 32.2. The van der Waals surface area contributed by atoms with Gasteiger partial charge in [-0.25, -0.2) is 13.4 Å². The van der Waals surface area contributed by atoms with Crippen LogP contribution in [0.3, 0.4) is 0 Å². The standard InChI is InChI=1S/C12H19N3O4S/c1-9(2)14-7-11(13-8-14)20(18,19)15-5-3-4-10(15)6-12(16)17/h7-10H,3-6H2,1-2H3,(H,16,17). The summed E-state index contributed by atoms with van der Waals surface area (Å²) in [5.41, 5.74) is 0. The van der Waals surface area contributed by atoms with Gasteiger partial charge in [0.15, 0.2) is 5.03 Å². The molecule has 2 heterocycles. The van der Waals surface area contributed by atoms with E-state index in [1.165, 1.54) is 16.8 Å². The molecule has 1 aromatic heterocycles. The first-order valence-electron chi connectivity index (χ1n) is 6.59. The molecule has 8 heteroatoms. The topological polar surface area (TPSA) is 92.5 Å². The summed E-state index contributed by atoms with van der Waals surface area (Å²) in [7, 11) is -3.71. The zero-order valence-electron chi connectivity index (χ0n) is 11.6. The zero-order chi connectivity index (χ0) is 14.9. The Labute approximate surface area is 118 Å². The van der Waals surface area contributed by atoms with E-state index in [-0.39, 0.29) is 17.5 Å². The van der Waals surface area contributed by atoms with Crippen LogP contribution in [-0.4, -0.2) is 45.9 Å². The van der Waals surface area contributed by atoms with Crippen molar-refractivity contribution in [2.75, 3.05) is 6.54 Å². The molecule has 1 unspecified atom stereocenters. The van der Waals surface area contributed by atoms with E-state index in [0.717, 1.165) is 0 Å². The summed E-state index contributed by atoms with van der Waals surface area (Å²) < 4.78 is 28.0. The van der Waals surface area contributed by atoms with Crippen LogP contribution in [0.1, 0.15) is 39.2 Å². The average Bonchev–Trinajstić information content (AvgIpc) is 2.95. The number of carboxylic acids is 1. The molecule has 1 N–H and O–H groups in total. The number of aliphatic carboxylic acids is 1. The maximum atomic E-state index is 12.5. The molecule has 0 radical (unpaired) electrons. The van der Waals surface area contributed by atoms with Crippen LogP contribution in [0.25, 0.3) is 0 Å². The lowest BCUT2D eigenvalue weighted by molar-refractivity contribution is -0.137. The highest BCUT2D eigenvalue weighted by molar-refractivity contribution is 7.89. The van der Waals surface area contributed by atoms with E-state index in [1.54, 1.807) is 4.57 Å². The fourth-order valence-corrected chi connectivity index (χ4v) is 4.00. The molecule has 1 fully saturated rings. The van der Waals surface area contributed by atoms with E-state index in [4.69, 9.17) is 5.11 Å². The SMILES string of the molecule is CC(C)n1cnc(S(=O)(=O)N2CCCC2CC(=O)O)c1. The monoisotopic (exact) mass is 301 g/mol. The van der Waals surface area contributed by atoms with Crippen molar-refractivity contribution in [2.24, 2.45) is 0 Å². The highest BCUT2D eigenvalue weighted by Crippen LogP contribution is 2.27. The van der Waals surface area contributed by atoms with Crippen molar-refractivity contribution in [3.05, 3.63) is 12.5 Å². The van der Waals surface area contributed by atoms with E-state index in [0.29, 0.717) is 19.4 Å². The summed E-state index contributed by atoms with van der Waals surface area (Å²) in [6.07, 6.45) is 4.08. The number of imidazole rings is 1. The van der Waals surface area contributed by atoms with Crippen molar-refractivity contribution >= 4 is 16.0 Å². The van der Waals surface area contributed by atoms with Crippen LogP contribution < -0.4 is 0 Å².